The highest BCUT2D eigenvalue weighted by Crippen LogP contribution is 2.39. The molecule has 1 N–H and O–H groups in total. The summed E-state index contributed by atoms with van der Waals surface area (Å²) >= 11 is 3.42. The van der Waals surface area contributed by atoms with Gasteiger partial charge < -0.3 is 5.43 Å². The molecule has 3 nitrogen and oxygen atoms in total. The van der Waals surface area contributed by atoms with Gasteiger partial charge in [0.05, 0.1) is 17.7 Å². The third-order valence-corrected chi connectivity index (χ3v) is 4.03. The molecule has 0 aromatic heterocycles. The van der Waals surface area contributed by atoms with Crippen molar-refractivity contribution in [3.8, 4) is 0 Å². The Hall–Kier alpha value is -0.380. The van der Waals surface area contributed by atoms with E-state index in [0.29, 0.717) is 12.2 Å². The molecule has 1 fully saturated rings. The lowest BCUT2D eigenvalue weighted by atomic mass is 9.68. The van der Waals surface area contributed by atoms with Crippen LogP contribution in [-0.4, -0.2) is 22.9 Å². The number of nitrogens with zero attached hydrogens (tertiary/aromatic N) is 1. The summed E-state index contributed by atoms with van der Waals surface area (Å²) in [4.78, 5) is 12.1. The van der Waals surface area contributed by atoms with Gasteiger partial charge in [0.25, 0.3) is 0 Å². The fourth-order valence-electron chi connectivity index (χ4n) is 2.82. The van der Waals surface area contributed by atoms with Gasteiger partial charge in [-0.15, -0.1) is 0 Å². The van der Waals surface area contributed by atoms with E-state index < -0.39 is 0 Å². The molecule has 0 amide bonds. The minimum absolute atomic E-state index is 0.0621. The first-order chi connectivity index (χ1) is 7.53. The number of Topliss-reactive ketones (excluding diaryl/α,β-unsaturated/α-hetero) is 1. The highest BCUT2D eigenvalue weighted by atomic mass is 79.9. The lowest BCUT2D eigenvalue weighted by molar-refractivity contribution is -0.126. The average Bonchev–Trinajstić information content (AvgIpc) is 2.56. The lowest BCUT2D eigenvalue weighted by Gasteiger charge is -2.36. The number of fused-ring (bicyclic) bond motifs is 1. The maximum Gasteiger partial charge on any atom is 0.144 e. The molecule has 0 radical (unpaired) electrons. The maximum atomic E-state index is 12.1. The largest absolute Gasteiger partial charge is 0.306 e. The fourth-order valence-corrected chi connectivity index (χ4v) is 3.10. The van der Waals surface area contributed by atoms with Crippen LogP contribution in [-0.2, 0) is 4.79 Å². The number of alkyl halides is 1. The first-order valence-corrected chi connectivity index (χ1v) is 7.06. The molecule has 0 aromatic rings. The minimum Gasteiger partial charge on any atom is -0.306 e. The van der Waals surface area contributed by atoms with Gasteiger partial charge in [0, 0.05) is 11.8 Å². The van der Waals surface area contributed by atoms with Gasteiger partial charge in [-0.25, -0.2) is 0 Å². The molecule has 2 aliphatic rings. The van der Waals surface area contributed by atoms with E-state index >= 15 is 0 Å². The quantitative estimate of drug-likeness (QED) is 0.810. The van der Waals surface area contributed by atoms with E-state index in [2.05, 4.69) is 40.3 Å². The van der Waals surface area contributed by atoms with Crippen LogP contribution in [0.5, 0.6) is 0 Å². The number of hydrogen-bond donors (Lipinski definition) is 1. The Labute approximate surface area is 105 Å². The van der Waals surface area contributed by atoms with Crippen molar-refractivity contribution < 1.29 is 4.79 Å². The summed E-state index contributed by atoms with van der Waals surface area (Å²) in [6.45, 7) is 4.33. The van der Waals surface area contributed by atoms with Crippen molar-refractivity contribution in [3.63, 3.8) is 0 Å². The molecule has 0 bridgehead atoms. The number of ketones is 1. The highest BCUT2D eigenvalue weighted by Gasteiger charge is 2.45. The molecule has 0 spiro atoms. The van der Waals surface area contributed by atoms with Crippen molar-refractivity contribution in [2.24, 2.45) is 16.4 Å². The zero-order valence-corrected chi connectivity index (χ0v) is 11.5. The van der Waals surface area contributed by atoms with Crippen LogP contribution in [0.25, 0.3) is 0 Å². The van der Waals surface area contributed by atoms with Crippen LogP contribution in [0.1, 0.15) is 39.5 Å². The maximum absolute atomic E-state index is 12.1. The number of nitrogens with one attached hydrogen (secondary N) is 1. The van der Waals surface area contributed by atoms with Gasteiger partial charge in [-0.05, 0) is 24.7 Å². The smallest absolute Gasteiger partial charge is 0.144 e. The molecule has 1 aliphatic carbocycles. The molecular formula is C12H19BrN2O. The summed E-state index contributed by atoms with van der Waals surface area (Å²) in [6.07, 6.45) is 3.74. The molecule has 0 saturated heterocycles. The number of rotatable bonds is 3. The van der Waals surface area contributed by atoms with Crippen LogP contribution in [0.3, 0.4) is 0 Å². The Morgan fingerprint density at radius 1 is 1.56 bits per heavy atom. The Bertz CT molecular complexity index is 325. The van der Waals surface area contributed by atoms with E-state index in [1.54, 1.807) is 0 Å². The Kier molecular flexibility index (Phi) is 3.38. The summed E-state index contributed by atoms with van der Waals surface area (Å²) in [6, 6.07) is 0.251. The van der Waals surface area contributed by atoms with Crippen molar-refractivity contribution in [2.75, 3.05) is 5.33 Å². The number of hydrazone groups is 1. The first-order valence-electron chi connectivity index (χ1n) is 5.94. The molecular weight excluding hydrogens is 268 g/mol. The minimum atomic E-state index is 0.0621. The molecule has 0 aromatic carbocycles. The summed E-state index contributed by atoms with van der Waals surface area (Å²) < 4.78 is 0. The molecule has 16 heavy (non-hydrogen) atoms. The van der Waals surface area contributed by atoms with Gasteiger partial charge in [0.15, 0.2) is 0 Å². The number of carbonyl (C=O) groups is 1. The third-order valence-electron chi connectivity index (χ3n) is 3.47. The van der Waals surface area contributed by atoms with Gasteiger partial charge in [-0.2, -0.15) is 5.10 Å². The number of halogens is 1. The topological polar surface area (TPSA) is 41.5 Å². The Balaban J connectivity index is 2.06. The normalized spacial score (nSPS) is 31.9. The monoisotopic (exact) mass is 286 g/mol. The van der Waals surface area contributed by atoms with Crippen molar-refractivity contribution >= 4 is 27.4 Å². The van der Waals surface area contributed by atoms with E-state index in [9.17, 15) is 4.79 Å². The fraction of sp³-hybridized carbons (Fsp3) is 0.833. The van der Waals surface area contributed by atoms with E-state index in [1.165, 1.54) is 0 Å². The summed E-state index contributed by atoms with van der Waals surface area (Å²) in [5.74, 6) is 0.437. The zero-order chi connectivity index (χ0) is 11.8. The second-order valence-corrected chi connectivity index (χ2v) is 6.41. The standard InChI is InChI=1S/C12H19BrN2O/c1-12(2)6-9-11(10(16)7-12)8(14-15-9)4-3-5-13/h9,11,15H,3-7H2,1-2H3/t9-,11-/m1/s1. The lowest BCUT2D eigenvalue weighted by Crippen LogP contribution is -2.45. The predicted octanol–water partition coefficient (Wildman–Crippen LogP) is 2.49. The summed E-state index contributed by atoms with van der Waals surface area (Å²) in [5.41, 5.74) is 4.36. The van der Waals surface area contributed by atoms with Gasteiger partial charge in [0.2, 0.25) is 0 Å². The third kappa shape index (κ3) is 2.31. The number of carbonyl (C=O) groups excluding carboxylic acids is 1. The predicted molar refractivity (Wildman–Crippen MR) is 68.9 cm³/mol. The van der Waals surface area contributed by atoms with E-state index in [4.69, 9.17) is 0 Å². The van der Waals surface area contributed by atoms with Crippen LogP contribution < -0.4 is 5.43 Å². The van der Waals surface area contributed by atoms with Crippen LogP contribution in [0.2, 0.25) is 0 Å². The molecule has 90 valence electrons. The van der Waals surface area contributed by atoms with Crippen molar-refractivity contribution in [1.29, 1.82) is 0 Å². The van der Waals surface area contributed by atoms with Crippen LogP contribution in [0.15, 0.2) is 5.10 Å². The van der Waals surface area contributed by atoms with Crippen LogP contribution >= 0.6 is 15.9 Å². The summed E-state index contributed by atoms with van der Waals surface area (Å²) in [5, 5.41) is 5.33. The second kappa shape index (κ2) is 4.47. The molecule has 1 heterocycles. The molecule has 0 unspecified atom stereocenters. The summed E-state index contributed by atoms with van der Waals surface area (Å²) in [7, 11) is 0. The van der Waals surface area contributed by atoms with E-state index in [0.717, 1.165) is 30.3 Å². The molecule has 4 heteroatoms. The van der Waals surface area contributed by atoms with E-state index in [-0.39, 0.29) is 17.4 Å². The van der Waals surface area contributed by atoms with Gasteiger partial charge in [-0.1, -0.05) is 29.8 Å². The molecule has 2 atom stereocenters. The highest BCUT2D eigenvalue weighted by molar-refractivity contribution is 9.09. The van der Waals surface area contributed by atoms with Crippen LogP contribution in [0.4, 0.5) is 0 Å². The van der Waals surface area contributed by atoms with Gasteiger partial charge in [-0.3, -0.25) is 4.79 Å². The second-order valence-electron chi connectivity index (χ2n) is 5.62. The van der Waals surface area contributed by atoms with Crippen molar-refractivity contribution in [2.45, 2.75) is 45.6 Å². The van der Waals surface area contributed by atoms with Gasteiger partial charge >= 0.3 is 0 Å². The van der Waals surface area contributed by atoms with Gasteiger partial charge in [0.1, 0.15) is 5.78 Å². The molecule has 1 aliphatic heterocycles. The number of hydrogen-bond acceptors (Lipinski definition) is 3. The van der Waals surface area contributed by atoms with Crippen molar-refractivity contribution in [3.05, 3.63) is 0 Å². The SMILES string of the molecule is CC1(C)CC(=O)[C@@H]2C(CCCBr)=NN[C@@H]2C1. The van der Waals surface area contributed by atoms with E-state index in [1.807, 2.05) is 0 Å². The molecule has 1 saturated carbocycles. The van der Waals surface area contributed by atoms with Crippen molar-refractivity contribution in [1.82, 2.24) is 5.43 Å². The molecule has 2 rings (SSSR count). The Morgan fingerprint density at radius 2 is 2.31 bits per heavy atom. The average molecular weight is 287 g/mol. The Morgan fingerprint density at radius 3 is 3.00 bits per heavy atom. The zero-order valence-electron chi connectivity index (χ0n) is 9.92. The van der Waals surface area contributed by atoms with Crippen LogP contribution in [0, 0.1) is 11.3 Å². The first kappa shape index (κ1) is 12.1.